The molecule has 0 heterocycles. The Morgan fingerprint density at radius 2 is 1.74 bits per heavy atom. The first kappa shape index (κ1) is 17.2. The molecule has 0 aliphatic carbocycles. The fourth-order valence-electron chi connectivity index (χ4n) is 1.30. The van der Waals surface area contributed by atoms with Gasteiger partial charge < -0.3 is 15.4 Å². The van der Waals surface area contributed by atoms with E-state index < -0.39 is 28.7 Å². The van der Waals surface area contributed by atoms with Crippen molar-refractivity contribution >= 4 is 17.8 Å². The summed E-state index contributed by atoms with van der Waals surface area (Å²) in [6, 6.07) is 0. The van der Waals surface area contributed by atoms with E-state index in [-0.39, 0.29) is 6.54 Å². The number of rotatable bonds is 6. The second-order valence-electron chi connectivity index (χ2n) is 5.21. The molecule has 0 fully saturated rings. The minimum atomic E-state index is -0.903. The smallest absolute Gasteiger partial charge is 0.313 e. The molecule has 6 heteroatoms. The van der Waals surface area contributed by atoms with Gasteiger partial charge in [0.15, 0.2) is 0 Å². The summed E-state index contributed by atoms with van der Waals surface area (Å²) in [5.74, 6) is -1.25. The minimum absolute atomic E-state index is 0.175. The third-order valence-electron chi connectivity index (χ3n) is 3.32. The molecule has 0 bridgehead atoms. The highest BCUT2D eigenvalue weighted by Gasteiger charge is 2.45. The lowest BCUT2D eigenvalue weighted by atomic mass is 9.74. The van der Waals surface area contributed by atoms with E-state index in [2.05, 4.69) is 17.2 Å². The van der Waals surface area contributed by atoms with Gasteiger partial charge in [0.2, 0.25) is 11.8 Å². The minimum Gasteiger partial charge on any atom is -0.469 e. The van der Waals surface area contributed by atoms with Crippen LogP contribution < -0.4 is 10.6 Å². The molecule has 0 atom stereocenters. The molecule has 19 heavy (non-hydrogen) atoms. The Bertz CT molecular complexity index is 386. The topological polar surface area (TPSA) is 84.5 Å². The highest BCUT2D eigenvalue weighted by atomic mass is 16.5. The number of carbonyl (C=O) groups is 3. The van der Waals surface area contributed by atoms with Gasteiger partial charge in [0.1, 0.15) is 0 Å². The predicted molar refractivity (Wildman–Crippen MR) is 71.2 cm³/mol. The predicted octanol–water partition coefficient (Wildman–Crippen LogP) is 0.383. The van der Waals surface area contributed by atoms with Gasteiger partial charge in [0.25, 0.3) is 0 Å². The summed E-state index contributed by atoms with van der Waals surface area (Å²) in [5, 5.41) is 5.07. The first-order valence-corrected chi connectivity index (χ1v) is 5.88. The molecule has 0 saturated carbocycles. The van der Waals surface area contributed by atoms with E-state index in [0.717, 1.165) is 6.08 Å². The fourth-order valence-corrected chi connectivity index (χ4v) is 1.30. The summed E-state index contributed by atoms with van der Waals surface area (Å²) in [6.07, 6.45) is 1.08. The summed E-state index contributed by atoms with van der Waals surface area (Å²) in [7, 11) is 1.30. The number of methoxy groups -OCH3 is 1. The number of carbonyl (C=O) groups excluding carboxylic acids is 3. The molecular formula is C13H22N2O4. The quantitative estimate of drug-likeness (QED) is 0.540. The molecular weight excluding hydrogens is 248 g/mol. The van der Waals surface area contributed by atoms with Crippen LogP contribution in [-0.4, -0.2) is 37.0 Å². The van der Waals surface area contributed by atoms with Gasteiger partial charge in [-0.3, -0.25) is 14.4 Å². The lowest BCUT2D eigenvalue weighted by Crippen LogP contribution is -2.58. The maximum atomic E-state index is 11.7. The molecule has 0 aromatic rings. The molecule has 0 spiro atoms. The van der Waals surface area contributed by atoms with Gasteiger partial charge in [0.05, 0.1) is 24.6 Å². The van der Waals surface area contributed by atoms with Crippen molar-refractivity contribution < 1.29 is 19.1 Å². The highest BCUT2D eigenvalue weighted by molar-refractivity contribution is 5.91. The molecule has 6 nitrogen and oxygen atoms in total. The number of hydrogen-bond donors (Lipinski definition) is 2. The van der Waals surface area contributed by atoms with Crippen LogP contribution in [0.25, 0.3) is 0 Å². The van der Waals surface area contributed by atoms with Crippen LogP contribution in [0.4, 0.5) is 0 Å². The number of esters is 1. The van der Waals surface area contributed by atoms with E-state index >= 15 is 0 Å². The first-order valence-electron chi connectivity index (χ1n) is 5.88. The number of ether oxygens (including phenoxy) is 1. The monoisotopic (exact) mass is 270 g/mol. The third-order valence-corrected chi connectivity index (χ3v) is 3.32. The van der Waals surface area contributed by atoms with E-state index in [9.17, 15) is 14.4 Å². The molecule has 0 aromatic carbocycles. The normalized spacial score (nSPS) is 11.4. The Morgan fingerprint density at radius 1 is 1.21 bits per heavy atom. The lowest BCUT2D eigenvalue weighted by Gasteiger charge is -2.39. The Balaban J connectivity index is 4.68. The van der Waals surface area contributed by atoms with E-state index in [1.54, 1.807) is 27.7 Å². The van der Waals surface area contributed by atoms with E-state index in [4.69, 9.17) is 4.74 Å². The Labute approximate surface area is 113 Å². The van der Waals surface area contributed by atoms with Crippen molar-refractivity contribution in [2.24, 2.45) is 5.41 Å². The van der Waals surface area contributed by atoms with Crippen molar-refractivity contribution in [3.8, 4) is 0 Å². The molecule has 2 amide bonds. The van der Waals surface area contributed by atoms with Gasteiger partial charge in [-0.15, -0.1) is 0 Å². The van der Waals surface area contributed by atoms with E-state index in [1.807, 2.05) is 0 Å². The molecule has 0 unspecified atom stereocenters. The second kappa shape index (κ2) is 6.36. The van der Waals surface area contributed by atoms with Crippen molar-refractivity contribution in [1.29, 1.82) is 0 Å². The average molecular weight is 270 g/mol. The summed E-state index contributed by atoms with van der Waals surface area (Å²) in [5.41, 5.74) is -1.73. The van der Waals surface area contributed by atoms with Gasteiger partial charge in [-0.05, 0) is 33.8 Å². The maximum Gasteiger partial charge on any atom is 0.313 e. The SMILES string of the molecule is C=CC(=O)NCC(=O)NC(C)(C)C(C)(C)C(=O)OC. The second-order valence-corrected chi connectivity index (χ2v) is 5.21. The fraction of sp³-hybridized carbons (Fsp3) is 0.615. The molecule has 0 aliphatic rings. The molecule has 0 aliphatic heterocycles. The van der Waals surface area contributed by atoms with Gasteiger partial charge in [-0.2, -0.15) is 0 Å². The summed E-state index contributed by atoms with van der Waals surface area (Å²) >= 11 is 0. The first-order chi connectivity index (χ1) is 8.58. The Kier molecular flexibility index (Phi) is 5.74. The van der Waals surface area contributed by atoms with Gasteiger partial charge in [-0.25, -0.2) is 0 Å². The standard InChI is InChI=1S/C13H22N2O4/c1-7-9(16)14-8-10(17)15-13(4,5)12(2,3)11(18)19-6/h7H,1,8H2,2-6H3,(H,14,16)(H,15,17). The van der Waals surface area contributed by atoms with Crippen LogP contribution in [0.2, 0.25) is 0 Å². The zero-order chi connectivity index (χ0) is 15.3. The zero-order valence-electron chi connectivity index (χ0n) is 12.1. The molecule has 2 N–H and O–H groups in total. The molecule has 108 valence electrons. The highest BCUT2D eigenvalue weighted by Crippen LogP contribution is 2.31. The number of hydrogen-bond acceptors (Lipinski definition) is 4. The molecule has 0 radical (unpaired) electrons. The van der Waals surface area contributed by atoms with E-state index in [0.29, 0.717) is 0 Å². The van der Waals surface area contributed by atoms with Crippen molar-refractivity contribution in [2.75, 3.05) is 13.7 Å². The van der Waals surface area contributed by atoms with Gasteiger partial charge in [-0.1, -0.05) is 6.58 Å². The van der Waals surface area contributed by atoms with Gasteiger partial charge in [0, 0.05) is 0 Å². The van der Waals surface area contributed by atoms with E-state index in [1.165, 1.54) is 7.11 Å². The van der Waals surface area contributed by atoms with Crippen LogP contribution in [0.5, 0.6) is 0 Å². The lowest BCUT2D eigenvalue weighted by molar-refractivity contribution is -0.155. The third kappa shape index (κ3) is 4.39. The summed E-state index contributed by atoms with van der Waals surface area (Å²) < 4.78 is 4.73. The van der Waals surface area contributed by atoms with Crippen LogP contribution >= 0.6 is 0 Å². The van der Waals surface area contributed by atoms with Gasteiger partial charge >= 0.3 is 5.97 Å². The van der Waals surface area contributed by atoms with Crippen LogP contribution in [0.3, 0.4) is 0 Å². The Morgan fingerprint density at radius 3 is 2.16 bits per heavy atom. The largest absolute Gasteiger partial charge is 0.469 e. The van der Waals surface area contributed by atoms with Crippen molar-refractivity contribution in [2.45, 2.75) is 33.2 Å². The average Bonchev–Trinajstić information content (AvgIpc) is 2.33. The van der Waals surface area contributed by atoms with Crippen molar-refractivity contribution in [3.05, 3.63) is 12.7 Å². The number of amides is 2. The van der Waals surface area contributed by atoms with Crippen LogP contribution in [0, 0.1) is 5.41 Å². The molecule has 0 aromatic heterocycles. The van der Waals surface area contributed by atoms with Crippen LogP contribution in [-0.2, 0) is 19.1 Å². The number of nitrogens with one attached hydrogen (secondary N) is 2. The zero-order valence-corrected chi connectivity index (χ0v) is 12.1. The molecule has 0 saturated heterocycles. The van der Waals surface area contributed by atoms with Crippen LogP contribution in [0.1, 0.15) is 27.7 Å². The summed E-state index contributed by atoms with van der Waals surface area (Å²) in [6.45, 7) is 9.91. The summed E-state index contributed by atoms with van der Waals surface area (Å²) in [4.78, 5) is 34.4. The Hall–Kier alpha value is -1.85. The van der Waals surface area contributed by atoms with Crippen LogP contribution in [0.15, 0.2) is 12.7 Å². The van der Waals surface area contributed by atoms with Crippen molar-refractivity contribution in [3.63, 3.8) is 0 Å². The maximum absolute atomic E-state index is 11.7. The van der Waals surface area contributed by atoms with Crippen molar-refractivity contribution in [1.82, 2.24) is 10.6 Å². The molecule has 0 rings (SSSR count).